The molecule has 0 heterocycles. The third-order valence-electron chi connectivity index (χ3n) is 3.10. The van der Waals surface area contributed by atoms with Crippen molar-refractivity contribution in [3.8, 4) is 5.75 Å². The number of rotatable bonds is 2. The Balaban J connectivity index is 1.97. The Kier molecular flexibility index (Phi) is 3.36. The second-order valence-electron chi connectivity index (χ2n) is 4.49. The van der Waals surface area contributed by atoms with Gasteiger partial charge in [0.2, 0.25) is 0 Å². The summed E-state index contributed by atoms with van der Waals surface area (Å²) in [6, 6.07) is 15.4. The Morgan fingerprint density at radius 1 is 0.905 bits per heavy atom. The smallest absolute Gasteiger partial charge is 0.346 e. The summed E-state index contributed by atoms with van der Waals surface area (Å²) in [5.74, 6) is -2.21. The number of ether oxygens (including phenoxy) is 1. The van der Waals surface area contributed by atoms with Crippen LogP contribution >= 0.6 is 0 Å². The largest absolute Gasteiger partial charge is 0.422 e. The van der Waals surface area contributed by atoms with Crippen LogP contribution in [-0.2, 0) is 0 Å². The molecular formula is C17H10F2O2. The maximum atomic E-state index is 13.6. The van der Waals surface area contributed by atoms with E-state index in [1.807, 2.05) is 24.3 Å². The van der Waals surface area contributed by atoms with Crippen LogP contribution in [0.1, 0.15) is 10.4 Å². The van der Waals surface area contributed by atoms with E-state index in [0.717, 1.165) is 22.9 Å². The maximum Gasteiger partial charge on any atom is 0.346 e. The third kappa shape index (κ3) is 2.60. The number of carbonyl (C=O) groups excluding carboxylic acids is 1. The van der Waals surface area contributed by atoms with Gasteiger partial charge in [0, 0.05) is 11.5 Å². The van der Waals surface area contributed by atoms with Crippen LogP contribution in [-0.4, -0.2) is 5.97 Å². The van der Waals surface area contributed by atoms with Crippen LogP contribution in [0.5, 0.6) is 5.75 Å². The first kappa shape index (κ1) is 13.2. The van der Waals surface area contributed by atoms with Crippen molar-refractivity contribution in [3.63, 3.8) is 0 Å². The van der Waals surface area contributed by atoms with Crippen LogP contribution in [0.3, 0.4) is 0 Å². The fraction of sp³-hybridized carbons (Fsp3) is 0. The number of carbonyl (C=O) groups is 1. The fourth-order valence-electron chi connectivity index (χ4n) is 2.09. The van der Waals surface area contributed by atoms with Crippen molar-refractivity contribution in [1.29, 1.82) is 0 Å². The average molecular weight is 284 g/mol. The summed E-state index contributed by atoms with van der Waals surface area (Å²) in [7, 11) is 0. The van der Waals surface area contributed by atoms with Crippen molar-refractivity contribution in [2.45, 2.75) is 0 Å². The molecule has 0 atom stereocenters. The number of benzene rings is 3. The minimum absolute atomic E-state index is 0.302. The van der Waals surface area contributed by atoms with Gasteiger partial charge in [0.25, 0.3) is 0 Å². The van der Waals surface area contributed by atoms with E-state index in [1.54, 1.807) is 18.2 Å². The highest BCUT2D eigenvalue weighted by atomic mass is 19.1. The third-order valence-corrected chi connectivity index (χ3v) is 3.10. The number of fused-ring (bicyclic) bond motifs is 1. The molecule has 0 bridgehead atoms. The van der Waals surface area contributed by atoms with Crippen molar-refractivity contribution in [2.75, 3.05) is 0 Å². The summed E-state index contributed by atoms with van der Waals surface area (Å²) < 4.78 is 31.7. The lowest BCUT2D eigenvalue weighted by atomic mass is 10.1. The van der Waals surface area contributed by atoms with E-state index in [-0.39, 0.29) is 5.56 Å². The average Bonchev–Trinajstić information content (AvgIpc) is 2.47. The van der Waals surface area contributed by atoms with E-state index in [4.69, 9.17) is 4.74 Å². The Bertz CT molecular complexity index is 823. The molecule has 0 aliphatic heterocycles. The van der Waals surface area contributed by atoms with Crippen molar-refractivity contribution >= 4 is 16.7 Å². The van der Waals surface area contributed by atoms with Gasteiger partial charge in [-0.25, -0.2) is 13.6 Å². The number of halogens is 2. The van der Waals surface area contributed by atoms with Crippen LogP contribution in [0.25, 0.3) is 10.8 Å². The van der Waals surface area contributed by atoms with Gasteiger partial charge in [-0.15, -0.1) is 0 Å². The van der Waals surface area contributed by atoms with Crippen LogP contribution in [0.4, 0.5) is 8.78 Å². The molecular weight excluding hydrogens is 274 g/mol. The molecule has 0 aliphatic rings. The van der Waals surface area contributed by atoms with Gasteiger partial charge in [0.15, 0.2) is 0 Å². The molecule has 0 saturated carbocycles. The summed E-state index contributed by atoms with van der Waals surface area (Å²) >= 11 is 0. The van der Waals surface area contributed by atoms with Gasteiger partial charge >= 0.3 is 5.97 Å². The first-order valence-corrected chi connectivity index (χ1v) is 6.30. The van der Waals surface area contributed by atoms with E-state index in [9.17, 15) is 13.6 Å². The summed E-state index contributed by atoms with van der Waals surface area (Å²) in [4.78, 5) is 12.0. The summed E-state index contributed by atoms with van der Waals surface area (Å²) in [6.07, 6.45) is 0. The molecule has 0 unspecified atom stereocenters. The van der Waals surface area contributed by atoms with Gasteiger partial charge in [-0.05, 0) is 23.6 Å². The summed E-state index contributed by atoms with van der Waals surface area (Å²) in [5.41, 5.74) is -0.302. The van der Waals surface area contributed by atoms with E-state index < -0.39 is 17.6 Å². The molecule has 4 heteroatoms. The Labute approximate surface area is 119 Å². The van der Waals surface area contributed by atoms with Gasteiger partial charge in [0.1, 0.15) is 17.4 Å². The second-order valence-corrected chi connectivity index (χ2v) is 4.49. The molecule has 3 aromatic rings. The standard InChI is InChI=1S/C17H10F2O2/c18-12-8-9-14(15(19)10-12)17(20)21-16-7-3-5-11-4-1-2-6-13(11)16/h1-10H. The van der Waals surface area contributed by atoms with E-state index in [1.165, 1.54) is 0 Å². The molecule has 21 heavy (non-hydrogen) atoms. The summed E-state index contributed by atoms with van der Waals surface area (Å²) in [6.45, 7) is 0. The molecule has 3 rings (SSSR count). The second kappa shape index (κ2) is 5.32. The zero-order valence-corrected chi connectivity index (χ0v) is 10.8. The van der Waals surface area contributed by atoms with Crippen molar-refractivity contribution in [1.82, 2.24) is 0 Å². The molecule has 0 spiro atoms. The maximum absolute atomic E-state index is 13.6. The fourth-order valence-corrected chi connectivity index (χ4v) is 2.09. The molecule has 0 N–H and O–H groups in total. The molecule has 0 radical (unpaired) electrons. The SMILES string of the molecule is O=C(Oc1cccc2ccccc12)c1ccc(F)cc1F. The molecule has 2 nitrogen and oxygen atoms in total. The molecule has 3 aromatic carbocycles. The highest BCUT2D eigenvalue weighted by Crippen LogP contribution is 2.26. The first-order chi connectivity index (χ1) is 10.1. The van der Waals surface area contributed by atoms with E-state index in [0.29, 0.717) is 11.8 Å². The lowest BCUT2D eigenvalue weighted by Crippen LogP contribution is -2.11. The number of hydrogen-bond acceptors (Lipinski definition) is 2. The molecule has 0 aromatic heterocycles. The van der Waals surface area contributed by atoms with Crippen LogP contribution in [0.2, 0.25) is 0 Å². The molecule has 0 aliphatic carbocycles. The number of hydrogen-bond donors (Lipinski definition) is 0. The quantitative estimate of drug-likeness (QED) is 0.517. The van der Waals surface area contributed by atoms with Gasteiger partial charge in [0.05, 0.1) is 5.56 Å². The van der Waals surface area contributed by atoms with Gasteiger partial charge in [-0.2, -0.15) is 0 Å². The van der Waals surface area contributed by atoms with Crippen LogP contribution in [0.15, 0.2) is 60.7 Å². The van der Waals surface area contributed by atoms with Crippen LogP contribution < -0.4 is 4.74 Å². The number of esters is 1. The predicted octanol–water partition coefficient (Wildman–Crippen LogP) is 4.34. The topological polar surface area (TPSA) is 26.3 Å². The van der Waals surface area contributed by atoms with Crippen molar-refractivity contribution in [2.24, 2.45) is 0 Å². The molecule has 0 amide bonds. The Morgan fingerprint density at radius 3 is 2.48 bits per heavy atom. The lowest BCUT2D eigenvalue weighted by Gasteiger charge is -2.08. The van der Waals surface area contributed by atoms with Crippen molar-refractivity contribution in [3.05, 3.63) is 77.9 Å². The molecule has 0 fully saturated rings. The van der Waals surface area contributed by atoms with Gasteiger partial charge < -0.3 is 4.74 Å². The van der Waals surface area contributed by atoms with Crippen molar-refractivity contribution < 1.29 is 18.3 Å². The zero-order valence-electron chi connectivity index (χ0n) is 10.8. The Hall–Kier alpha value is -2.75. The van der Waals surface area contributed by atoms with Gasteiger partial charge in [-0.3, -0.25) is 0 Å². The normalized spacial score (nSPS) is 10.6. The van der Waals surface area contributed by atoms with Gasteiger partial charge in [-0.1, -0.05) is 36.4 Å². The Morgan fingerprint density at radius 2 is 1.67 bits per heavy atom. The minimum Gasteiger partial charge on any atom is -0.422 e. The monoisotopic (exact) mass is 284 g/mol. The zero-order chi connectivity index (χ0) is 14.8. The highest BCUT2D eigenvalue weighted by Gasteiger charge is 2.15. The minimum atomic E-state index is -0.944. The predicted molar refractivity (Wildman–Crippen MR) is 75.3 cm³/mol. The highest BCUT2D eigenvalue weighted by molar-refractivity contribution is 5.95. The van der Waals surface area contributed by atoms with E-state index in [2.05, 4.69) is 0 Å². The molecule has 104 valence electrons. The van der Waals surface area contributed by atoms with Crippen LogP contribution in [0, 0.1) is 11.6 Å². The first-order valence-electron chi connectivity index (χ1n) is 6.30. The summed E-state index contributed by atoms with van der Waals surface area (Å²) in [5, 5.41) is 1.65. The lowest BCUT2D eigenvalue weighted by molar-refractivity contribution is 0.0732. The van der Waals surface area contributed by atoms with E-state index >= 15 is 0 Å². The molecule has 0 saturated heterocycles.